The van der Waals surface area contributed by atoms with Gasteiger partial charge in [-0.15, -0.1) is 0 Å². The lowest BCUT2D eigenvalue weighted by Gasteiger charge is -2.38. The lowest BCUT2D eigenvalue weighted by atomic mass is 9.91. The summed E-state index contributed by atoms with van der Waals surface area (Å²) in [4.78, 5) is 14.6. The fourth-order valence-electron chi connectivity index (χ4n) is 2.43. The zero-order chi connectivity index (χ0) is 15.2. The molecule has 2 rings (SSSR count). The summed E-state index contributed by atoms with van der Waals surface area (Å²) >= 11 is 9.37. The molecule has 0 N–H and O–H groups in total. The van der Waals surface area contributed by atoms with Gasteiger partial charge in [-0.25, -0.2) is 0 Å². The molecule has 1 fully saturated rings. The van der Waals surface area contributed by atoms with Gasteiger partial charge < -0.3 is 9.64 Å². The topological polar surface area (TPSA) is 29.5 Å². The number of hydrogen-bond acceptors (Lipinski definition) is 2. The fraction of sp³-hybridized carbons (Fsp3) is 0.562. The summed E-state index contributed by atoms with van der Waals surface area (Å²) in [6.45, 7) is 2.60. The smallest absolute Gasteiger partial charge is 0.263 e. The lowest BCUT2D eigenvalue weighted by molar-refractivity contribution is -0.142. The van der Waals surface area contributed by atoms with Gasteiger partial charge in [0.2, 0.25) is 0 Å². The first-order valence-corrected chi connectivity index (χ1v) is 8.90. The number of halogens is 2. The van der Waals surface area contributed by atoms with Crippen molar-refractivity contribution in [2.75, 3.05) is 11.9 Å². The molecular formula is C16H21BrClNO2. The molecule has 1 atom stereocenters. The van der Waals surface area contributed by atoms with Crippen LogP contribution < -0.4 is 4.74 Å². The average Bonchev–Trinajstić information content (AvgIpc) is 2.40. The maximum Gasteiger partial charge on any atom is 0.263 e. The van der Waals surface area contributed by atoms with E-state index in [0.29, 0.717) is 16.8 Å². The number of rotatable bonds is 7. The number of alkyl halides is 1. The third kappa shape index (κ3) is 4.62. The Morgan fingerprint density at radius 3 is 2.86 bits per heavy atom. The average molecular weight is 375 g/mol. The van der Waals surface area contributed by atoms with Crippen molar-refractivity contribution in [1.29, 1.82) is 0 Å². The molecule has 0 spiro atoms. The zero-order valence-electron chi connectivity index (χ0n) is 12.2. The number of carbonyl (C=O) groups excluding carboxylic acids is 1. The van der Waals surface area contributed by atoms with Crippen LogP contribution in [0.5, 0.6) is 5.75 Å². The van der Waals surface area contributed by atoms with E-state index in [-0.39, 0.29) is 5.91 Å². The Balaban J connectivity index is 1.98. The SMILES string of the molecule is CC(Oc1cccc(Cl)c1)C(=O)N(CCCBr)C1CCC1. The maximum atomic E-state index is 12.6. The molecule has 3 nitrogen and oxygen atoms in total. The quantitative estimate of drug-likeness (QED) is 0.667. The van der Waals surface area contributed by atoms with Crippen molar-refractivity contribution in [1.82, 2.24) is 4.90 Å². The minimum atomic E-state index is -0.487. The molecule has 0 heterocycles. The molecule has 1 saturated carbocycles. The summed E-state index contributed by atoms with van der Waals surface area (Å²) in [6, 6.07) is 7.56. The van der Waals surface area contributed by atoms with Gasteiger partial charge in [-0.1, -0.05) is 33.6 Å². The van der Waals surface area contributed by atoms with Crippen LogP contribution in [-0.4, -0.2) is 34.8 Å². The van der Waals surface area contributed by atoms with Crippen LogP contribution in [0, 0.1) is 0 Å². The molecule has 0 bridgehead atoms. The fourth-order valence-corrected chi connectivity index (χ4v) is 2.86. The van der Waals surface area contributed by atoms with E-state index in [4.69, 9.17) is 16.3 Å². The summed E-state index contributed by atoms with van der Waals surface area (Å²) in [5.74, 6) is 0.707. The highest BCUT2D eigenvalue weighted by Gasteiger charge is 2.31. The Morgan fingerprint density at radius 1 is 1.52 bits per heavy atom. The molecule has 116 valence electrons. The van der Waals surface area contributed by atoms with Crippen molar-refractivity contribution >= 4 is 33.4 Å². The Kier molecular flexibility index (Phi) is 6.37. The van der Waals surface area contributed by atoms with Crippen molar-refractivity contribution in [3.8, 4) is 5.75 Å². The zero-order valence-corrected chi connectivity index (χ0v) is 14.6. The van der Waals surface area contributed by atoms with E-state index >= 15 is 0 Å². The van der Waals surface area contributed by atoms with E-state index in [0.717, 1.165) is 31.1 Å². The summed E-state index contributed by atoms with van der Waals surface area (Å²) in [7, 11) is 0. The van der Waals surface area contributed by atoms with E-state index < -0.39 is 6.10 Å². The Hall–Kier alpha value is -0.740. The van der Waals surface area contributed by atoms with Crippen LogP contribution in [0.1, 0.15) is 32.6 Å². The number of hydrogen-bond donors (Lipinski definition) is 0. The molecular weight excluding hydrogens is 354 g/mol. The van der Waals surface area contributed by atoms with Crippen LogP contribution in [0.2, 0.25) is 5.02 Å². The van der Waals surface area contributed by atoms with E-state index in [2.05, 4.69) is 15.9 Å². The molecule has 0 aromatic heterocycles. The summed E-state index contributed by atoms with van der Waals surface area (Å²) < 4.78 is 5.75. The number of nitrogens with zero attached hydrogens (tertiary/aromatic N) is 1. The molecule has 1 unspecified atom stereocenters. The second kappa shape index (κ2) is 8.04. The van der Waals surface area contributed by atoms with Gasteiger partial charge in [0.15, 0.2) is 6.10 Å². The summed E-state index contributed by atoms with van der Waals surface area (Å²) in [5, 5.41) is 1.52. The van der Waals surface area contributed by atoms with Crippen LogP contribution in [0.3, 0.4) is 0 Å². The molecule has 0 radical (unpaired) electrons. The first-order chi connectivity index (χ1) is 10.1. The van der Waals surface area contributed by atoms with Crippen LogP contribution in [0.25, 0.3) is 0 Å². The number of amides is 1. The predicted molar refractivity (Wildman–Crippen MR) is 89.3 cm³/mol. The van der Waals surface area contributed by atoms with Gasteiger partial charge in [0.25, 0.3) is 5.91 Å². The number of ether oxygens (including phenoxy) is 1. The van der Waals surface area contributed by atoms with Crippen LogP contribution >= 0.6 is 27.5 Å². The van der Waals surface area contributed by atoms with Crippen molar-refractivity contribution in [2.45, 2.75) is 44.8 Å². The second-order valence-corrected chi connectivity index (χ2v) is 6.61. The lowest BCUT2D eigenvalue weighted by Crippen LogP contribution is -2.49. The van der Waals surface area contributed by atoms with Gasteiger partial charge in [-0.3, -0.25) is 4.79 Å². The van der Waals surface area contributed by atoms with E-state index in [1.807, 2.05) is 24.0 Å². The van der Waals surface area contributed by atoms with Gasteiger partial charge in [0.1, 0.15) is 5.75 Å². The molecule has 1 aromatic rings. The van der Waals surface area contributed by atoms with E-state index in [1.165, 1.54) is 6.42 Å². The highest BCUT2D eigenvalue weighted by molar-refractivity contribution is 9.09. The molecule has 21 heavy (non-hydrogen) atoms. The minimum Gasteiger partial charge on any atom is -0.481 e. The van der Waals surface area contributed by atoms with Crippen LogP contribution in [0.4, 0.5) is 0 Å². The normalized spacial score (nSPS) is 16.1. The highest BCUT2D eigenvalue weighted by Crippen LogP contribution is 2.26. The molecule has 1 aliphatic rings. The van der Waals surface area contributed by atoms with Crippen molar-refractivity contribution < 1.29 is 9.53 Å². The van der Waals surface area contributed by atoms with Gasteiger partial charge in [-0.2, -0.15) is 0 Å². The Morgan fingerprint density at radius 2 is 2.29 bits per heavy atom. The monoisotopic (exact) mass is 373 g/mol. The van der Waals surface area contributed by atoms with Gasteiger partial charge >= 0.3 is 0 Å². The van der Waals surface area contributed by atoms with Crippen molar-refractivity contribution in [3.05, 3.63) is 29.3 Å². The summed E-state index contributed by atoms with van der Waals surface area (Å²) in [5.41, 5.74) is 0. The number of benzene rings is 1. The standard InChI is InChI=1S/C16H21BrClNO2/c1-12(21-15-8-2-5-13(18)11-15)16(20)19(10-4-9-17)14-6-3-7-14/h2,5,8,11-12,14H,3-4,6-7,9-10H2,1H3. The third-order valence-electron chi connectivity index (χ3n) is 3.79. The van der Waals surface area contributed by atoms with Gasteiger partial charge in [-0.05, 0) is 50.8 Å². The molecule has 0 saturated heterocycles. The first kappa shape index (κ1) is 16.6. The largest absolute Gasteiger partial charge is 0.481 e. The van der Waals surface area contributed by atoms with E-state index in [1.54, 1.807) is 12.1 Å². The number of carbonyl (C=O) groups is 1. The Labute approximate surface area is 139 Å². The molecule has 5 heteroatoms. The van der Waals surface area contributed by atoms with Crippen molar-refractivity contribution in [3.63, 3.8) is 0 Å². The summed E-state index contributed by atoms with van der Waals surface area (Å²) in [6.07, 6.45) is 3.91. The molecule has 0 aliphatic heterocycles. The molecule has 1 aromatic carbocycles. The predicted octanol–water partition coefficient (Wildman–Crippen LogP) is 4.27. The molecule has 1 amide bonds. The van der Waals surface area contributed by atoms with E-state index in [9.17, 15) is 4.79 Å². The second-order valence-electron chi connectivity index (χ2n) is 5.38. The Bertz CT molecular complexity index is 479. The van der Waals surface area contributed by atoms with Crippen molar-refractivity contribution in [2.24, 2.45) is 0 Å². The third-order valence-corrected chi connectivity index (χ3v) is 4.58. The highest BCUT2D eigenvalue weighted by atomic mass is 79.9. The molecule has 1 aliphatic carbocycles. The minimum absolute atomic E-state index is 0.0700. The van der Waals surface area contributed by atoms with Gasteiger partial charge in [0, 0.05) is 22.9 Å². The first-order valence-electron chi connectivity index (χ1n) is 7.40. The maximum absolute atomic E-state index is 12.6. The van der Waals surface area contributed by atoms with Gasteiger partial charge in [0.05, 0.1) is 0 Å². The van der Waals surface area contributed by atoms with Crippen LogP contribution in [0.15, 0.2) is 24.3 Å². The van der Waals surface area contributed by atoms with Crippen LogP contribution in [-0.2, 0) is 4.79 Å².